The van der Waals surface area contributed by atoms with E-state index < -0.39 is 11.9 Å². The molecule has 0 atom stereocenters. The van der Waals surface area contributed by atoms with Gasteiger partial charge in [-0.15, -0.1) is 0 Å². The molecule has 0 saturated heterocycles. The highest BCUT2D eigenvalue weighted by Crippen LogP contribution is 2.40. The van der Waals surface area contributed by atoms with Gasteiger partial charge in [0.1, 0.15) is 23.9 Å². The predicted molar refractivity (Wildman–Crippen MR) is 88.9 cm³/mol. The number of benzene rings is 1. The van der Waals surface area contributed by atoms with Crippen molar-refractivity contribution in [3.05, 3.63) is 28.4 Å². The third-order valence-electron chi connectivity index (χ3n) is 3.58. The Morgan fingerprint density at radius 3 is 2.24 bits per heavy atom. The summed E-state index contributed by atoms with van der Waals surface area (Å²) in [6, 6.07) is 3.12. The van der Waals surface area contributed by atoms with Crippen LogP contribution in [0.25, 0.3) is 0 Å². The molecule has 0 fully saturated rings. The lowest BCUT2D eigenvalue weighted by Gasteiger charge is -2.32. The zero-order chi connectivity index (χ0) is 18.6. The molecule has 1 aliphatic rings. The van der Waals surface area contributed by atoms with Gasteiger partial charge in [-0.1, -0.05) is 11.6 Å². The van der Waals surface area contributed by atoms with E-state index in [1.807, 2.05) is 0 Å². The third-order valence-corrected chi connectivity index (χ3v) is 3.87. The molecular formula is C16H18ClNO7. The second-order valence-corrected chi connectivity index (χ2v) is 5.28. The molecule has 0 aliphatic carbocycles. The van der Waals surface area contributed by atoms with Crippen LogP contribution in [-0.2, 0) is 23.8 Å². The molecule has 136 valence electrons. The van der Waals surface area contributed by atoms with Crippen LogP contribution in [0.3, 0.4) is 0 Å². The van der Waals surface area contributed by atoms with E-state index in [0.29, 0.717) is 22.2 Å². The van der Waals surface area contributed by atoms with Crippen molar-refractivity contribution in [1.29, 1.82) is 0 Å². The van der Waals surface area contributed by atoms with E-state index in [9.17, 15) is 9.59 Å². The molecule has 9 heteroatoms. The van der Waals surface area contributed by atoms with Crippen LogP contribution in [0, 0.1) is 0 Å². The second kappa shape index (κ2) is 8.09. The van der Waals surface area contributed by atoms with Gasteiger partial charge in [0.25, 0.3) is 0 Å². The standard InChI is InChI=1S/C16H18ClNO7/c1-21-12-6-13(22-2)11(5-10(12)17)18-8-25-7-9(15(19)23-3)14(18)16(20)24-4/h5-6H,7-8H2,1-4H3. The maximum Gasteiger partial charge on any atom is 0.355 e. The summed E-state index contributed by atoms with van der Waals surface area (Å²) in [4.78, 5) is 25.8. The van der Waals surface area contributed by atoms with Crippen LogP contribution in [-0.4, -0.2) is 53.7 Å². The van der Waals surface area contributed by atoms with Crippen LogP contribution in [0.2, 0.25) is 5.02 Å². The van der Waals surface area contributed by atoms with Gasteiger partial charge in [0.15, 0.2) is 0 Å². The molecule has 0 spiro atoms. The first-order chi connectivity index (χ1) is 12.0. The number of rotatable bonds is 5. The quantitative estimate of drug-likeness (QED) is 0.724. The zero-order valence-electron chi connectivity index (χ0n) is 14.3. The van der Waals surface area contributed by atoms with Crippen LogP contribution >= 0.6 is 11.6 Å². The van der Waals surface area contributed by atoms with E-state index >= 15 is 0 Å². The lowest BCUT2D eigenvalue weighted by Crippen LogP contribution is -2.39. The van der Waals surface area contributed by atoms with Crippen LogP contribution in [0.4, 0.5) is 5.69 Å². The molecular weight excluding hydrogens is 354 g/mol. The Kier molecular flexibility index (Phi) is 6.11. The molecule has 0 aromatic heterocycles. The number of nitrogens with zero attached hydrogens (tertiary/aromatic N) is 1. The van der Waals surface area contributed by atoms with Crippen LogP contribution in [0.1, 0.15) is 0 Å². The van der Waals surface area contributed by atoms with Gasteiger partial charge in [0, 0.05) is 6.07 Å². The maximum atomic E-state index is 12.3. The van der Waals surface area contributed by atoms with E-state index in [1.54, 1.807) is 12.1 Å². The molecule has 0 bridgehead atoms. The fraction of sp³-hybridized carbons (Fsp3) is 0.375. The monoisotopic (exact) mass is 371 g/mol. The number of hydrogen-bond acceptors (Lipinski definition) is 8. The Labute approximate surface area is 149 Å². The topological polar surface area (TPSA) is 83.5 Å². The summed E-state index contributed by atoms with van der Waals surface area (Å²) in [5.74, 6) is -0.629. The molecule has 1 aliphatic heterocycles. The van der Waals surface area contributed by atoms with Gasteiger partial charge in [-0.05, 0) is 6.07 Å². The molecule has 1 heterocycles. The lowest BCUT2D eigenvalue weighted by atomic mass is 10.1. The summed E-state index contributed by atoms with van der Waals surface area (Å²) in [6.45, 7) is -0.0935. The highest BCUT2D eigenvalue weighted by Gasteiger charge is 2.34. The third kappa shape index (κ3) is 3.64. The number of carbonyl (C=O) groups is 2. The Balaban J connectivity index is 2.65. The van der Waals surface area contributed by atoms with E-state index in [4.69, 9.17) is 35.3 Å². The second-order valence-electron chi connectivity index (χ2n) is 4.87. The molecule has 1 aromatic carbocycles. The first-order valence-electron chi connectivity index (χ1n) is 7.15. The SMILES string of the molecule is COC(=O)C1=C(C(=O)OC)N(c2cc(Cl)c(OC)cc2OC)COC1. The van der Waals surface area contributed by atoms with Crippen LogP contribution in [0.5, 0.6) is 11.5 Å². The molecule has 8 nitrogen and oxygen atoms in total. The Hall–Kier alpha value is -2.45. The van der Waals surface area contributed by atoms with Gasteiger partial charge in [0.2, 0.25) is 0 Å². The lowest BCUT2D eigenvalue weighted by molar-refractivity contribution is -0.140. The normalized spacial score (nSPS) is 14.2. The van der Waals surface area contributed by atoms with Crippen LogP contribution in [0.15, 0.2) is 23.4 Å². The van der Waals surface area contributed by atoms with Gasteiger partial charge < -0.3 is 28.6 Å². The van der Waals surface area contributed by atoms with E-state index in [2.05, 4.69) is 0 Å². The summed E-state index contributed by atoms with van der Waals surface area (Å²) in [5, 5.41) is 0.299. The molecule has 25 heavy (non-hydrogen) atoms. The summed E-state index contributed by atoms with van der Waals surface area (Å²) >= 11 is 6.19. The smallest absolute Gasteiger partial charge is 0.355 e. The number of hydrogen-bond donors (Lipinski definition) is 0. The van der Waals surface area contributed by atoms with Gasteiger partial charge in [-0.3, -0.25) is 0 Å². The zero-order valence-corrected chi connectivity index (χ0v) is 15.0. The Bertz CT molecular complexity index is 717. The minimum absolute atomic E-state index is 0.000124. The molecule has 0 unspecified atom stereocenters. The Morgan fingerprint density at radius 2 is 1.68 bits per heavy atom. The van der Waals surface area contributed by atoms with Gasteiger partial charge in [-0.2, -0.15) is 0 Å². The first kappa shape index (κ1) is 18.9. The van der Waals surface area contributed by atoms with Crippen molar-refractivity contribution in [2.45, 2.75) is 0 Å². The minimum atomic E-state index is -0.710. The van der Waals surface area contributed by atoms with Crippen molar-refractivity contribution >= 4 is 29.2 Å². The number of ether oxygens (including phenoxy) is 5. The van der Waals surface area contributed by atoms with Crippen molar-refractivity contribution in [1.82, 2.24) is 0 Å². The van der Waals surface area contributed by atoms with Crippen molar-refractivity contribution in [2.75, 3.05) is 46.7 Å². The van der Waals surface area contributed by atoms with Gasteiger partial charge in [-0.25, -0.2) is 9.59 Å². The van der Waals surface area contributed by atoms with Gasteiger partial charge in [0.05, 0.1) is 51.3 Å². The number of carbonyl (C=O) groups excluding carboxylic acids is 2. The maximum absolute atomic E-state index is 12.3. The largest absolute Gasteiger partial charge is 0.495 e. The molecule has 0 saturated carbocycles. The first-order valence-corrected chi connectivity index (χ1v) is 7.52. The average molecular weight is 372 g/mol. The predicted octanol–water partition coefficient (Wildman–Crippen LogP) is 1.75. The van der Waals surface area contributed by atoms with E-state index in [-0.39, 0.29) is 24.6 Å². The number of esters is 2. The van der Waals surface area contributed by atoms with Gasteiger partial charge >= 0.3 is 11.9 Å². The van der Waals surface area contributed by atoms with Crippen molar-refractivity contribution in [2.24, 2.45) is 0 Å². The molecule has 0 radical (unpaired) electrons. The molecule has 1 aromatic rings. The highest BCUT2D eigenvalue weighted by atomic mass is 35.5. The Morgan fingerprint density at radius 1 is 1.04 bits per heavy atom. The number of methoxy groups -OCH3 is 4. The fourth-order valence-electron chi connectivity index (χ4n) is 2.39. The average Bonchev–Trinajstić information content (AvgIpc) is 2.65. The summed E-state index contributed by atoms with van der Waals surface area (Å²) in [6.07, 6.45) is 0. The molecule has 0 amide bonds. The minimum Gasteiger partial charge on any atom is -0.495 e. The van der Waals surface area contributed by atoms with E-state index in [0.717, 1.165) is 0 Å². The van der Waals surface area contributed by atoms with Crippen molar-refractivity contribution in [3.8, 4) is 11.5 Å². The van der Waals surface area contributed by atoms with Crippen LogP contribution < -0.4 is 14.4 Å². The highest BCUT2D eigenvalue weighted by molar-refractivity contribution is 6.32. The summed E-state index contributed by atoms with van der Waals surface area (Å²) in [7, 11) is 5.36. The molecule has 2 rings (SSSR count). The summed E-state index contributed by atoms with van der Waals surface area (Å²) < 4.78 is 25.5. The van der Waals surface area contributed by atoms with Crippen molar-refractivity contribution in [3.63, 3.8) is 0 Å². The van der Waals surface area contributed by atoms with Crippen molar-refractivity contribution < 1.29 is 33.3 Å². The number of halogens is 1. The van der Waals surface area contributed by atoms with E-state index in [1.165, 1.54) is 33.3 Å². The fourth-order valence-corrected chi connectivity index (χ4v) is 2.62. The number of anilines is 1. The summed E-state index contributed by atoms with van der Waals surface area (Å²) in [5.41, 5.74) is 0.449. The molecule has 0 N–H and O–H groups in total.